The lowest BCUT2D eigenvalue weighted by Crippen LogP contribution is -2.02. The average molecular weight is 275 g/mol. The summed E-state index contributed by atoms with van der Waals surface area (Å²) in [6, 6.07) is 10.3. The summed E-state index contributed by atoms with van der Waals surface area (Å²) in [6.45, 7) is 0. The fraction of sp³-hybridized carbons (Fsp3) is 0.143. The van der Waals surface area contributed by atoms with Crippen molar-refractivity contribution >= 4 is 17.4 Å². The molecule has 0 aliphatic carbocycles. The number of benzene rings is 1. The molecule has 4 nitrogen and oxygen atoms in total. The fourth-order valence-corrected chi connectivity index (χ4v) is 1.98. The number of nitrogens with zero attached hydrogens (tertiary/aromatic N) is 1. The van der Waals surface area contributed by atoms with E-state index in [1.807, 2.05) is 6.07 Å². The lowest BCUT2D eigenvalue weighted by atomic mass is 10.1. The van der Waals surface area contributed by atoms with Crippen molar-refractivity contribution in [2.75, 3.05) is 7.11 Å². The Labute approximate surface area is 115 Å². The molecular weight excluding hydrogens is 264 g/mol. The summed E-state index contributed by atoms with van der Waals surface area (Å²) in [5.41, 5.74) is 1.62. The van der Waals surface area contributed by atoms with E-state index in [1.165, 1.54) is 7.11 Å². The third kappa shape index (κ3) is 2.78. The van der Waals surface area contributed by atoms with E-state index in [1.54, 1.807) is 30.3 Å². The van der Waals surface area contributed by atoms with Gasteiger partial charge < -0.3 is 9.72 Å². The van der Waals surface area contributed by atoms with Crippen LogP contribution in [0.5, 0.6) is 5.75 Å². The zero-order chi connectivity index (χ0) is 13.8. The van der Waals surface area contributed by atoms with Gasteiger partial charge >= 0.3 is 0 Å². The molecule has 5 heteroatoms. The highest BCUT2D eigenvalue weighted by Crippen LogP contribution is 2.25. The maximum absolute atomic E-state index is 12.2. The number of halogens is 1. The Hall–Kier alpha value is -2.25. The summed E-state index contributed by atoms with van der Waals surface area (Å²) in [4.78, 5) is 15.1. The fourth-order valence-electron chi connectivity index (χ4n) is 1.72. The molecule has 0 saturated heterocycles. The summed E-state index contributed by atoms with van der Waals surface area (Å²) < 4.78 is 5.03. The third-order valence-electron chi connectivity index (χ3n) is 2.67. The minimum atomic E-state index is -0.172. The van der Waals surface area contributed by atoms with Crippen LogP contribution in [0.3, 0.4) is 0 Å². The number of nitrogens with one attached hydrogen (secondary N) is 1. The van der Waals surface area contributed by atoms with Crippen molar-refractivity contribution in [3.63, 3.8) is 0 Å². The van der Waals surface area contributed by atoms with Gasteiger partial charge in [0.05, 0.1) is 30.3 Å². The second-order valence-corrected chi connectivity index (χ2v) is 4.32. The lowest BCUT2D eigenvalue weighted by Gasteiger charge is -2.04. The summed E-state index contributed by atoms with van der Waals surface area (Å²) in [5.74, 6) is 0.351. The Bertz CT molecular complexity index is 656. The van der Waals surface area contributed by atoms with Gasteiger partial charge in [-0.3, -0.25) is 4.79 Å². The summed E-state index contributed by atoms with van der Waals surface area (Å²) >= 11 is 5.99. The van der Waals surface area contributed by atoms with Crippen molar-refractivity contribution < 1.29 is 9.53 Å². The number of nitriles is 1. The molecule has 1 heterocycles. The molecule has 96 valence electrons. The first kappa shape index (κ1) is 13.2. The normalized spacial score (nSPS) is 9.95. The van der Waals surface area contributed by atoms with Gasteiger partial charge in [-0.2, -0.15) is 5.26 Å². The summed E-state index contributed by atoms with van der Waals surface area (Å²) in [5, 5.41) is 8.98. The number of hydrogen-bond donors (Lipinski definition) is 1. The van der Waals surface area contributed by atoms with Gasteiger partial charge in [-0.25, -0.2) is 0 Å². The van der Waals surface area contributed by atoms with Gasteiger partial charge in [0, 0.05) is 11.3 Å². The second-order valence-electron chi connectivity index (χ2n) is 3.91. The average Bonchev–Trinajstić information content (AvgIpc) is 2.87. The van der Waals surface area contributed by atoms with Gasteiger partial charge in [0.15, 0.2) is 0 Å². The number of rotatable bonds is 4. The molecule has 0 fully saturated rings. The molecule has 0 saturated carbocycles. The largest absolute Gasteiger partial charge is 0.495 e. The number of methoxy groups -OCH3 is 1. The van der Waals surface area contributed by atoms with E-state index >= 15 is 0 Å². The van der Waals surface area contributed by atoms with Gasteiger partial charge in [-0.1, -0.05) is 11.6 Å². The van der Waals surface area contributed by atoms with Crippen LogP contribution in [0.2, 0.25) is 5.02 Å². The Kier molecular flexibility index (Phi) is 3.88. The lowest BCUT2D eigenvalue weighted by molar-refractivity contribution is 0.103. The van der Waals surface area contributed by atoms with E-state index in [-0.39, 0.29) is 12.2 Å². The van der Waals surface area contributed by atoms with Crippen LogP contribution in [0.25, 0.3) is 0 Å². The minimum Gasteiger partial charge on any atom is -0.495 e. The van der Waals surface area contributed by atoms with E-state index < -0.39 is 0 Å². The molecule has 19 heavy (non-hydrogen) atoms. The Morgan fingerprint density at radius 1 is 1.42 bits per heavy atom. The molecule has 0 bridgehead atoms. The van der Waals surface area contributed by atoms with Crippen molar-refractivity contribution in [2.24, 2.45) is 0 Å². The number of carbonyl (C=O) groups is 1. The zero-order valence-electron chi connectivity index (χ0n) is 10.2. The number of hydrogen-bond acceptors (Lipinski definition) is 3. The summed E-state index contributed by atoms with van der Waals surface area (Å²) in [6.07, 6.45) is 0.247. The van der Waals surface area contributed by atoms with E-state index in [4.69, 9.17) is 21.6 Å². The molecule has 0 spiro atoms. The molecule has 0 unspecified atom stereocenters. The van der Waals surface area contributed by atoms with Gasteiger partial charge in [0.1, 0.15) is 5.75 Å². The Morgan fingerprint density at radius 3 is 2.84 bits per heavy atom. The van der Waals surface area contributed by atoms with Crippen molar-refractivity contribution in [3.8, 4) is 11.8 Å². The molecular formula is C14H11ClN2O2. The predicted molar refractivity (Wildman–Crippen MR) is 71.5 cm³/mol. The van der Waals surface area contributed by atoms with Gasteiger partial charge in [-0.15, -0.1) is 0 Å². The zero-order valence-corrected chi connectivity index (χ0v) is 11.0. The van der Waals surface area contributed by atoms with Crippen LogP contribution in [0.4, 0.5) is 0 Å². The van der Waals surface area contributed by atoms with E-state index in [0.717, 1.165) is 0 Å². The topological polar surface area (TPSA) is 65.9 Å². The van der Waals surface area contributed by atoms with Crippen LogP contribution < -0.4 is 4.74 Å². The van der Waals surface area contributed by atoms with Gasteiger partial charge in [-0.05, 0) is 30.3 Å². The van der Waals surface area contributed by atoms with Crippen molar-refractivity contribution in [1.82, 2.24) is 4.98 Å². The van der Waals surface area contributed by atoms with Gasteiger partial charge in [0.25, 0.3) is 0 Å². The first-order chi connectivity index (χ1) is 9.15. The molecule has 0 aliphatic heterocycles. The monoisotopic (exact) mass is 274 g/mol. The number of aromatic amines is 1. The predicted octanol–water partition coefficient (Wildman–Crippen LogP) is 2.97. The molecule has 0 radical (unpaired) electrons. The minimum absolute atomic E-state index is 0.172. The van der Waals surface area contributed by atoms with E-state index in [2.05, 4.69) is 4.98 Å². The van der Waals surface area contributed by atoms with Crippen LogP contribution in [-0.4, -0.2) is 17.9 Å². The maximum atomic E-state index is 12.2. The molecule has 1 aromatic carbocycles. The number of carbonyl (C=O) groups excluding carboxylic acids is 1. The molecule has 1 aromatic heterocycles. The first-order valence-electron chi connectivity index (χ1n) is 5.58. The molecule has 1 N–H and O–H groups in total. The molecule has 0 atom stereocenters. The van der Waals surface area contributed by atoms with Crippen LogP contribution in [-0.2, 0) is 6.42 Å². The highest BCUT2D eigenvalue weighted by Gasteiger charge is 2.13. The first-order valence-corrected chi connectivity index (χ1v) is 5.96. The van der Waals surface area contributed by atoms with Crippen LogP contribution in [0.15, 0.2) is 30.3 Å². The second kappa shape index (κ2) is 5.59. The quantitative estimate of drug-likeness (QED) is 0.872. The SMILES string of the molecule is COc1ccc(C(=O)c2ccc(CC#N)[nH]2)cc1Cl. The van der Waals surface area contributed by atoms with E-state index in [0.29, 0.717) is 27.7 Å². The van der Waals surface area contributed by atoms with Crippen molar-refractivity contribution in [3.05, 3.63) is 52.3 Å². The standard InChI is InChI=1S/C14H11ClN2O2/c1-19-13-5-2-9(8-11(13)15)14(18)12-4-3-10(17-12)6-7-16/h2-5,8,17H,6H2,1H3. The van der Waals surface area contributed by atoms with Crippen LogP contribution in [0, 0.1) is 11.3 Å². The highest BCUT2D eigenvalue weighted by molar-refractivity contribution is 6.32. The van der Waals surface area contributed by atoms with Crippen molar-refractivity contribution in [1.29, 1.82) is 5.26 Å². The van der Waals surface area contributed by atoms with Crippen LogP contribution in [0.1, 0.15) is 21.7 Å². The van der Waals surface area contributed by atoms with Crippen molar-refractivity contribution in [2.45, 2.75) is 6.42 Å². The van der Waals surface area contributed by atoms with Gasteiger partial charge in [0.2, 0.25) is 5.78 Å². The number of aromatic nitrogens is 1. The molecule has 0 amide bonds. The smallest absolute Gasteiger partial charge is 0.209 e. The van der Waals surface area contributed by atoms with Crippen LogP contribution >= 0.6 is 11.6 Å². The highest BCUT2D eigenvalue weighted by atomic mass is 35.5. The molecule has 2 rings (SSSR count). The Morgan fingerprint density at radius 2 is 2.21 bits per heavy atom. The number of H-pyrrole nitrogens is 1. The molecule has 0 aliphatic rings. The van der Waals surface area contributed by atoms with E-state index in [9.17, 15) is 4.79 Å². The summed E-state index contributed by atoms with van der Waals surface area (Å²) in [7, 11) is 1.52. The Balaban J connectivity index is 2.28. The third-order valence-corrected chi connectivity index (χ3v) is 2.97. The molecule has 2 aromatic rings. The number of ketones is 1. The number of ether oxygens (including phenoxy) is 1. The maximum Gasteiger partial charge on any atom is 0.209 e.